The maximum Gasteiger partial charge on any atom is 0.326 e. The summed E-state index contributed by atoms with van der Waals surface area (Å²) in [6, 6.07) is 7.36. The number of nitrogens with zero attached hydrogens (tertiary/aromatic N) is 1. The standard InChI is InChI=1S/C15H14BrNO4S/c1-9(2)21-13(18)8-17-14(19)12(22-15(17)20)7-10-4-3-5-11(16)6-10/h3-7,9H,8H2,1-2H3. The zero-order valence-electron chi connectivity index (χ0n) is 12.0. The predicted molar refractivity (Wildman–Crippen MR) is 88.0 cm³/mol. The van der Waals surface area contributed by atoms with Crippen molar-refractivity contribution < 1.29 is 19.1 Å². The molecule has 22 heavy (non-hydrogen) atoms. The van der Waals surface area contributed by atoms with Crippen LogP contribution in [0.1, 0.15) is 19.4 Å². The monoisotopic (exact) mass is 383 g/mol. The van der Waals surface area contributed by atoms with Gasteiger partial charge in [-0.15, -0.1) is 0 Å². The Labute approximate surface area is 140 Å². The van der Waals surface area contributed by atoms with Crippen LogP contribution in [-0.4, -0.2) is 34.7 Å². The maximum absolute atomic E-state index is 12.2. The van der Waals surface area contributed by atoms with E-state index in [1.165, 1.54) is 0 Å². The zero-order chi connectivity index (χ0) is 16.3. The van der Waals surface area contributed by atoms with E-state index in [0.717, 1.165) is 26.7 Å². The highest BCUT2D eigenvalue weighted by Gasteiger charge is 2.36. The average Bonchev–Trinajstić information content (AvgIpc) is 2.66. The summed E-state index contributed by atoms with van der Waals surface area (Å²) in [6.07, 6.45) is 1.34. The topological polar surface area (TPSA) is 63.7 Å². The van der Waals surface area contributed by atoms with Crippen LogP contribution in [0.3, 0.4) is 0 Å². The van der Waals surface area contributed by atoms with Crippen molar-refractivity contribution in [2.24, 2.45) is 0 Å². The zero-order valence-corrected chi connectivity index (χ0v) is 14.4. The van der Waals surface area contributed by atoms with Crippen molar-refractivity contribution in [2.45, 2.75) is 20.0 Å². The molecule has 0 unspecified atom stereocenters. The largest absolute Gasteiger partial charge is 0.462 e. The summed E-state index contributed by atoms with van der Waals surface area (Å²) in [5.74, 6) is -1.07. The molecule has 1 heterocycles. The van der Waals surface area contributed by atoms with Crippen LogP contribution in [0.4, 0.5) is 4.79 Å². The fraction of sp³-hybridized carbons (Fsp3) is 0.267. The number of imide groups is 1. The molecular formula is C15H14BrNO4S. The van der Waals surface area contributed by atoms with E-state index >= 15 is 0 Å². The first kappa shape index (κ1) is 16.8. The number of thioether (sulfide) groups is 1. The highest BCUT2D eigenvalue weighted by Crippen LogP contribution is 2.32. The minimum Gasteiger partial charge on any atom is -0.462 e. The number of ether oxygens (including phenoxy) is 1. The van der Waals surface area contributed by atoms with Gasteiger partial charge in [0.25, 0.3) is 11.1 Å². The maximum atomic E-state index is 12.2. The van der Waals surface area contributed by atoms with E-state index in [4.69, 9.17) is 4.74 Å². The van der Waals surface area contributed by atoms with Crippen LogP contribution in [0.5, 0.6) is 0 Å². The Balaban J connectivity index is 2.13. The Morgan fingerprint density at radius 2 is 2.14 bits per heavy atom. The second-order valence-electron chi connectivity index (χ2n) is 4.86. The van der Waals surface area contributed by atoms with Crippen molar-refractivity contribution in [1.29, 1.82) is 0 Å². The molecule has 2 rings (SSSR count). The molecule has 1 fully saturated rings. The molecule has 1 aliphatic heterocycles. The van der Waals surface area contributed by atoms with E-state index in [9.17, 15) is 14.4 Å². The van der Waals surface area contributed by atoms with E-state index < -0.39 is 17.1 Å². The minimum absolute atomic E-state index is 0.287. The van der Waals surface area contributed by atoms with Gasteiger partial charge >= 0.3 is 5.97 Å². The lowest BCUT2D eigenvalue weighted by molar-refractivity contribution is -0.149. The number of benzene rings is 1. The molecule has 116 valence electrons. The summed E-state index contributed by atoms with van der Waals surface area (Å²) in [5, 5.41) is -0.466. The van der Waals surface area contributed by atoms with Gasteiger partial charge in [-0.3, -0.25) is 19.3 Å². The second kappa shape index (κ2) is 7.11. The summed E-state index contributed by atoms with van der Waals surface area (Å²) >= 11 is 4.17. The van der Waals surface area contributed by atoms with E-state index in [-0.39, 0.29) is 12.6 Å². The third-order valence-corrected chi connectivity index (χ3v) is 4.08. The Morgan fingerprint density at radius 1 is 1.41 bits per heavy atom. The fourth-order valence-electron chi connectivity index (χ4n) is 1.81. The molecule has 0 bridgehead atoms. The minimum atomic E-state index is -0.596. The third-order valence-electron chi connectivity index (χ3n) is 2.67. The highest BCUT2D eigenvalue weighted by molar-refractivity contribution is 9.10. The Bertz CT molecular complexity index is 657. The molecule has 1 saturated heterocycles. The molecular weight excluding hydrogens is 370 g/mol. The Kier molecular flexibility index (Phi) is 5.42. The number of hydrogen-bond donors (Lipinski definition) is 0. The quantitative estimate of drug-likeness (QED) is 0.588. The van der Waals surface area contributed by atoms with Crippen molar-refractivity contribution in [3.63, 3.8) is 0 Å². The van der Waals surface area contributed by atoms with Crippen molar-refractivity contribution >= 4 is 50.9 Å². The molecule has 0 saturated carbocycles. The summed E-state index contributed by atoms with van der Waals surface area (Å²) in [4.78, 5) is 36.9. The number of rotatable bonds is 4. The molecule has 0 spiro atoms. The molecule has 1 aliphatic rings. The van der Waals surface area contributed by atoms with Gasteiger partial charge in [0.1, 0.15) is 6.54 Å². The lowest BCUT2D eigenvalue weighted by Gasteiger charge is -2.13. The summed E-state index contributed by atoms with van der Waals surface area (Å²) in [6.45, 7) is 3.05. The highest BCUT2D eigenvalue weighted by atomic mass is 79.9. The number of amides is 2. The molecule has 2 amide bonds. The number of hydrogen-bond acceptors (Lipinski definition) is 5. The van der Waals surface area contributed by atoms with Crippen LogP contribution in [-0.2, 0) is 14.3 Å². The average molecular weight is 384 g/mol. The summed E-state index contributed by atoms with van der Waals surface area (Å²) in [7, 11) is 0. The van der Waals surface area contributed by atoms with Crippen molar-refractivity contribution in [3.8, 4) is 0 Å². The van der Waals surface area contributed by atoms with Gasteiger partial charge in [-0.2, -0.15) is 0 Å². The summed E-state index contributed by atoms with van der Waals surface area (Å²) < 4.78 is 5.83. The van der Waals surface area contributed by atoms with Gasteiger partial charge in [0.15, 0.2) is 0 Å². The SMILES string of the molecule is CC(C)OC(=O)CN1C(=O)SC(=Cc2cccc(Br)c2)C1=O. The van der Waals surface area contributed by atoms with Gasteiger partial charge < -0.3 is 4.74 Å². The molecule has 7 heteroatoms. The van der Waals surface area contributed by atoms with Gasteiger partial charge in [-0.25, -0.2) is 0 Å². The van der Waals surface area contributed by atoms with E-state index in [1.54, 1.807) is 19.9 Å². The lowest BCUT2D eigenvalue weighted by atomic mass is 10.2. The van der Waals surface area contributed by atoms with E-state index in [2.05, 4.69) is 15.9 Å². The Hall–Kier alpha value is -1.60. The lowest BCUT2D eigenvalue weighted by Crippen LogP contribution is -2.35. The molecule has 1 aromatic rings. The summed E-state index contributed by atoms with van der Waals surface area (Å²) in [5.41, 5.74) is 0.796. The number of carbonyl (C=O) groups excluding carboxylic acids is 3. The number of esters is 1. The first-order valence-corrected chi connectivity index (χ1v) is 8.18. The van der Waals surface area contributed by atoms with Gasteiger partial charge in [0.05, 0.1) is 11.0 Å². The smallest absolute Gasteiger partial charge is 0.326 e. The van der Waals surface area contributed by atoms with Crippen LogP contribution in [0.15, 0.2) is 33.6 Å². The Morgan fingerprint density at radius 3 is 2.77 bits per heavy atom. The van der Waals surface area contributed by atoms with Gasteiger partial charge in [0.2, 0.25) is 0 Å². The molecule has 5 nitrogen and oxygen atoms in total. The molecule has 0 aliphatic carbocycles. The molecule has 0 N–H and O–H groups in total. The van der Waals surface area contributed by atoms with Gasteiger partial charge in [0, 0.05) is 4.47 Å². The van der Waals surface area contributed by atoms with Crippen LogP contribution < -0.4 is 0 Å². The molecule has 0 aromatic heterocycles. The van der Waals surface area contributed by atoms with Crippen LogP contribution >= 0.6 is 27.7 Å². The van der Waals surface area contributed by atoms with Gasteiger partial charge in [-0.05, 0) is 49.4 Å². The molecule has 0 atom stereocenters. The van der Waals surface area contributed by atoms with Crippen molar-refractivity contribution in [1.82, 2.24) is 4.90 Å². The van der Waals surface area contributed by atoms with Crippen LogP contribution in [0, 0.1) is 0 Å². The predicted octanol–water partition coefficient (Wildman–Crippen LogP) is 3.44. The fourth-order valence-corrected chi connectivity index (χ4v) is 3.07. The number of halogens is 1. The van der Waals surface area contributed by atoms with Crippen molar-refractivity contribution in [3.05, 3.63) is 39.2 Å². The second-order valence-corrected chi connectivity index (χ2v) is 6.77. The molecule has 1 aromatic carbocycles. The normalized spacial score (nSPS) is 16.7. The number of carbonyl (C=O) groups is 3. The van der Waals surface area contributed by atoms with Crippen LogP contribution in [0.25, 0.3) is 6.08 Å². The van der Waals surface area contributed by atoms with E-state index in [1.807, 2.05) is 24.3 Å². The first-order chi connectivity index (χ1) is 10.4. The van der Waals surface area contributed by atoms with Crippen molar-refractivity contribution in [2.75, 3.05) is 6.54 Å². The van der Waals surface area contributed by atoms with Gasteiger partial charge in [-0.1, -0.05) is 28.1 Å². The van der Waals surface area contributed by atoms with E-state index in [0.29, 0.717) is 4.91 Å². The van der Waals surface area contributed by atoms with Crippen LogP contribution in [0.2, 0.25) is 0 Å². The molecule has 0 radical (unpaired) electrons. The third kappa shape index (κ3) is 4.20. The first-order valence-electron chi connectivity index (χ1n) is 6.57.